The van der Waals surface area contributed by atoms with E-state index in [1.54, 1.807) is 0 Å². The van der Waals surface area contributed by atoms with E-state index in [0.29, 0.717) is 5.56 Å². The van der Waals surface area contributed by atoms with Crippen LogP contribution in [0.2, 0.25) is 0 Å². The molecule has 2 rings (SSSR count). The Morgan fingerprint density at radius 3 is 2.48 bits per heavy atom. The van der Waals surface area contributed by atoms with Crippen molar-refractivity contribution in [3.05, 3.63) is 65.0 Å². The normalized spacial score (nSPS) is 11.8. The van der Waals surface area contributed by atoms with Gasteiger partial charge in [0.25, 0.3) is 0 Å². The van der Waals surface area contributed by atoms with Crippen molar-refractivity contribution in [1.29, 1.82) is 0 Å². The highest BCUT2D eigenvalue weighted by molar-refractivity contribution is 5.90. The van der Waals surface area contributed by atoms with Gasteiger partial charge in [0, 0.05) is 6.04 Å². The number of hydrogen-bond acceptors (Lipinski definition) is 3. The van der Waals surface area contributed by atoms with Crippen LogP contribution in [0.4, 0.5) is 10.1 Å². The summed E-state index contributed by atoms with van der Waals surface area (Å²) in [6.45, 7) is 3.95. The predicted octanol–water partition coefficient (Wildman–Crippen LogP) is 4.09. The zero-order valence-electron chi connectivity index (χ0n) is 12.3. The zero-order chi connectivity index (χ0) is 15.4. The van der Waals surface area contributed by atoms with Crippen LogP contribution in [0.15, 0.2) is 42.5 Å². The second kappa shape index (κ2) is 6.39. The number of anilines is 1. The second-order valence-electron chi connectivity index (χ2n) is 4.96. The lowest BCUT2D eigenvalue weighted by molar-refractivity contribution is 0.0600. The quantitative estimate of drug-likeness (QED) is 0.861. The lowest BCUT2D eigenvalue weighted by Crippen LogP contribution is -2.09. The minimum Gasteiger partial charge on any atom is -0.465 e. The second-order valence-corrected chi connectivity index (χ2v) is 4.96. The summed E-state index contributed by atoms with van der Waals surface area (Å²) >= 11 is 0. The number of hydrogen-bond donors (Lipinski definition) is 1. The van der Waals surface area contributed by atoms with Gasteiger partial charge in [-0.1, -0.05) is 29.8 Å². The van der Waals surface area contributed by atoms with Crippen LogP contribution in [-0.2, 0) is 4.74 Å². The molecule has 1 unspecified atom stereocenters. The van der Waals surface area contributed by atoms with Crippen molar-refractivity contribution in [2.75, 3.05) is 12.4 Å². The molecule has 2 aromatic rings. The Morgan fingerprint density at radius 1 is 1.19 bits per heavy atom. The summed E-state index contributed by atoms with van der Waals surface area (Å²) in [6, 6.07) is 12.1. The van der Waals surface area contributed by atoms with Crippen molar-refractivity contribution in [2.45, 2.75) is 19.9 Å². The molecule has 0 aliphatic heterocycles. The molecule has 0 bridgehead atoms. The summed E-state index contributed by atoms with van der Waals surface area (Å²) in [7, 11) is 1.30. The Bertz CT molecular complexity index is 638. The highest BCUT2D eigenvalue weighted by atomic mass is 19.1. The van der Waals surface area contributed by atoms with Crippen LogP contribution in [0.1, 0.15) is 34.5 Å². The van der Waals surface area contributed by atoms with E-state index in [2.05, 4.69) is 10.1 Å². The first-order chi connectivity index (χ1) is 10.0. The van der Waals surface area contributed by atoms with Crippen molar-refractivity contribution < 1.29 is 13.9 Å². The number of benzene rings is 2. The maximum Gasteiger partial charge on any atom is 0.337 e. The van der Waals surface area contributed by atoms with Gasteiger partial charge < -0.3 is 10.1 Å². The molecule has 0 aliphatic carbocycles. The maximum atomic E-state index is 13.9. The number of methoxy groups -OCH3 is 1. The smallest absolute Gasteiger partial charge is 0.337 e. The molecule has 0 aromatic heterocycles. The predicted molar refractivity (Wildman–Crippen MR) is 81.0 cm³/mol. The molecule has 0 fully saturated rings. The van der Waals surface area contributed by atoms with Gasteiger partial charge in [0.2, 0.25) is 0 Å². The van der Waals surface area contributed by atoms with Gasteiger partial charge in [-0.05, 0) is 37.6 Å². The molecule has 21 heavy (non-hydrogen) atoms. The summed E-state index contributed by atoms with van der Waals surface area (Å²) in [5, 5.41) is 3.08. The van der Waals surface area contributed by atoms with Crippen LogP contribution < -0.4 is 5.32 Å². The zero-order valence-corrected chi connectivity index (χ0v) is 12.3. The van der Waals surface area contributed by atoms with E-state index in [0.717, 1.165) is 5.56 Å². The van der Waals surface area contributed by atoms with Crippen molar-refractivity contribution in [3.63, 3.8) is 0 Å². The molecule has 2 aromatic carbocycles. The number of carbonyl (C=O) groups excluding carboxylic acids is 1. The third kappa shape index (κ3) is 3.60. The highest BCUT2D eigenvalue weighted by Crippen LogP contribution is 2.23. The summed E-state index contributed by atoms with van der Waals surface area (Å²) in [4.78, 5) is 11.5. The number of nitrogens with one attached hydrogen (secondary N) is 1. The van der Waals surface area contributed by atoms with E-state index in [9.17, 15) is 9.18 Å². The third-order valence-corrected chi connectivity index (χ3v) is 3.34. The molecule has 1 atom stereocenters. The Labute approximate surface area is 123 Å². The molecule has 0 radical (unpaired) electrons. The van der Waals surface area contributed by atoms with Crippen molar-refractivity contribution >= 4 is 11.7 Å². The number of esters is 1. The summed E-state index contributed by atoms with van der Waals surface area (Å²) in [5.41, 5.74) is 2.82. The molecule has 0 heterocycles. The van der Waals surface area contributed by atoms with Crippen LogP contribution >= 0.6 is 0 Å². The molecule has 0 amide bonds. The molecule has 0 aliphatic rings. The summed E-state index contributed by atoms with van der Waals surface area (Å²) in [5.74, 6) is -0.886. The lowest BCUT2D eigenvalue weighted by Gasteiger charge is -2.17. The largest absolute Gasteiger partial charge is 0.465 e. The van der Waals surface area contributed by atoms with E-state index >= 15 is 0 Å². The fourth-order valence-electron chi connectivity index (χ4n) is 2.05. The minimum absolute atomic E-state index is 0.0759. The van der Waals surface area contributed by atoms with Gasteiger partial charge >= 0.3 is 5.97 Å². The summed E-state index contributed by atoms with van der Waals surface area (Å²) < 4.78 is 18.5. The molecular weight excluding hydrogens is 269 g/mol. The molecule has 0 spiro atoms. The number of aryl methyl sites for hydroxylation is 1. The first-order valence-corrected chi connectivity index (χ1v) is 6.72. The molecule has 3 nitrogen and oxygen atoms in total. The topological polar surface area (TPSA) is 38.3 Å². The van der Waals surface area contributed by atoms with Crippen molar-refractivity contribution in [2.24, 2.45) is 0 Å². The van der Waals surface area contributed by atoms with Gasteiger partial charge in [0.15, 0.2) is 0 Å². The number of carbonyl (C=O) groups is 1. The Morgan fingerprint density at radius 2 is 1.86 bits per heavy atom. The number of rotatable bonds is 4. The van der Waals surface area contributed by atoms with Crippen LogP contribution in [0, 0.1) is 12.7 Å². The van der Waals surface area contributed by atoms with Crippen LogP contribution in [0.5, 0.6) is 0 Å². The SMILES string of the molecule is COC(=O)c1ccc(F)c(NC(C)c2ccc(C)cc2)c1. The van der Waals surface area contributed by atoms with Gasteiger partial charge in [0.1, 0.15) is 5.82 Å². The Balaban J connectivity index is 2.22. The third-order valence-electron chi connectivity index (χ3n) is 3.34. The van der Waals surface area contributed by atoms with E-state index < -0.39 is 11.8 Å². The van der Waals surface area contributed by atoms with E-state index in [1.165, 1.54) is 30.9 Å². The molecule has 110 valence electrons. The Kier molecular flexibility index (Phi) is 4.58. The average Bonchev–Trinajstić information content (AvgIpc) is 2.49. The van der Waals surface area contributed by atoms with Crippen LogP contribution in [0.3, 0.4) is 0 Å². The minimum atomic E-state index is -0.485. The van der Waals surface area contributed by atoms with Crippen molar-refractivity contribution in [3.8, 4) is 0 Å². The molecule has 1 N–H and O–H groups in total. The van der Waals surface area contributed by atoms with Gasteiger partial charge in [-0.25, -0.2) is 9.18 Å². The molecular formula is C17H18FNO2. The lowest BCUT2D eigenvalue weighted by atomic mass is 10.1. The number of ether oxygens (including phenoxy) is 1. The van der Waals surface area contributed by atoms with Crippen LogP contribution in [0.25, 0.3) is 0 Å². The number of halogens is 1. The molecule has 0 saturated carbocycles. The monoisotopic (exact) mass is 287 g/mol. The van der Waals surface area contributed by atoms with E-state index in [-0.39, 0.29) is 11.7 Å². The standard InChI is InChI=1S/C17H18FNO2/c1-11-4-6-13(7-5-11)12(2)19-16-10-14(17(20)21-3)8-9-15(16)18/h4-10,12,19H,1-3H3. The van der Waals surface area contributed by atoms with Crippen molar-refractivity contribution in [1.82, 2.24) is 0 Å². The molecule has 0 saturated heterocycles. The first kappa shape index (κ1) is 15.0. The fourth-order valence-corrected chi connectivity index (χ4v) is 2.05. The summed E-state index contributed by atoms with van der Waals surface area (Å²) in [6.07, 6.45) is 0. The first-order valence-electron chi connectivity index (χ1n) is 6.72. The molecule has 4 heteroatoms. The van der Waals surface area contributed by atoms with E-state index in [4.69, 9.17) is 0 Å². The maximum absolute atomic E-state index is 13.9. The van der Waals surface area contributed by atoms with Crippen LogP contribution in [-0.4, -0.2) is 13.1 Å². The van der Waals surface area contributed by atoms with Gasteiger partial charge in [0.05, 0.1) is 18.4 Å². The van der Waals surface area contributed by atoms with E-state index in [1.807, 2.05) is 38.1 Å². The highest BCUT2D eigenvalue weighted by Gasteiger charge is 2.12. The van der Waals surface area contributed by atoms with Gasteiger partial charge in [-0.15, -0.1) is 0 Å². The van der Waals surface area contributed by atoms with Gasteiger partial charge in [-0.2, -0.15) is 0 Å². The Hall–Kier alpha value is -2.36. The average molecular weight is 287 g/mol. The fraction of sp³-hybridized carbons (Fsp3) is 0.235. The van der Waals surface area contributed by atoms with Gasteiger partial charge in [-0.3, -0.25) is 0 Å².